The predicted molar refractivity (Wildman–Crippen MR) is 95.0 cm³/mol. The van der Waals surface area contributed by atoms with Gasteiger partial charge in [0.25, 0.3) is 0 Å². The second kappa shape index (κ2) is 8.20. The minimum Gasteiger partial charge on any atom is -0.267 e. The molecule has 0 atom stereocenters. The fourth-order valence-corrected chi connectivity index (χ4v) is 3.49. The maximum atomic E-state index is 12.9. The third-order valence-electron chi connectivity index (χ3n) is 3.75. The molecule has 0 radical (unpaired) electrons. The first-order valence-electron chi connectivity index (χ1n) is 8.26. The van der Waals surface area contributed by atoms with Crippen molar-refractivity contribution in [2.45, 2.75) is 33.2 Å². The molecule has 0 bridgehead atoms. The van der Waals surface area contributed by atoms with Crippen LogP contribution < -0.4 is 0 Å². The Labute approximate surface area is 158 Å². The molecule has 3 aromatic rings. The van der Waals surface area contributed by atoms with Crippen molar-refractivity contribution in [2.75, 3.05) is 6.61 Å². The molecular formula is C18H18F3N3O2S. The van der Waals surface area contributed by atoms with E-state index in [2.05, 4.69) is 10.1 Å². The number of benzene rings is 1. The van der Waals surface area contributed by atoms with Crippen molar-refractivity contribution >= 4 is 11.3 Å². The van der Waals surface area contributed by atoms with Crippen LogP contribution >= 0.6 is 11.3 Å². The normalized spacial score (nSPS) is 11.9. The Morgan fingerprint density at radius 3 is 2.78 bits per heavy atom. The van der Waals surface area contributed by atoms with E-state index < -0.39 is 11.7 Å². The van der Waals surface area contributed by atoms with Gasteiger partial charge in [0.2, 0.25) is 0 Å². The molecule has 0 aliphatic heterocycles. The van der Waals surface area contributed by atoms with Crippen LogP contribution in [0.15, 0.2) is 36.7 Å². The van der Waals surface area contributed by atoms with Gasteiger partial charge in [0.05, 0.1) is 30.6 Å². The SMILES string of the molecule is CCOOCc1cnn(Cc2sc(-c3cccc(C(F)(F)F)c3)nc2C)c1. The van der Waals surface area contributed by atoms with Gasteiger partial charge < -0.3 is 0 Å². The zero-order valence-corrected chi connectivity index (χ0v) is 15.6. The van der Waals surface area contributed by atoms with Gasteiger partial charge >= 0.3 is 6.18 Å². The summed E-state index contributed by atoms with van der Waals surface area (Å²) in [6.45, 7) is 4.91. The summed E-state index contributed by atoms with van der Waals surface area (Å²) in [5.74, 6) is 0. The standard InChI is InChI=1S/C18H18F3N3O2S/c1-3-25-26-11-13-8-22-24(9-13)10-16-12(2)23-17(27-16)14-5-4-6-15(7-14)18(19,20)21/h4-9H,3,10-11H2,1-2H3. The highest BCUT2D eigenvalue weighted by Crippen LogP contribution is 2.34. The molecule has 9 heteroatoms. The molecule has 0 aliphatic carbocycles. The number of nitrogens with zero attached hydrogens (tertiary/aromatic N) is 3. The highest BCUT2D eigenvalue weighted by Gasteiger charge is 2.30. The summed E-state index contributed by atoms with van der Waals surface area (Å²) in [5, 5.41) is 4.83. The Balaban J connectivity index is 1.75. The van der Waals surface area contributed by atoms with Crippen LogP contribution in [-0.4, -0.2) is 21.4 Å². The second-order valence-electron chi connectivity index (χ2n) is 5.82. The number of hydrogen-bond donors (Lipinski definition) is 0. The Hall–Kier alpha value is -2.23. The molecule has 144 valence electrons. The second-order valence-corrected chi connectivity index (χ2v) is 6.90. The molecule has 0 saturated heterocycles. The van der Waals surface area contributed by atoms with Crippen LogP contribution in [0.5, 0.6) is 0 Å². The third kappa shape index (κ3) is 4.94. The molecule has 0 amide bonds. The van der Waals surface area contributed by atoms with E-state index in [1.54, 1.807) is 16.9 Å². The highest BCUT2D eigenvalue weighted by molar-refractivity contribution is 7.15. The maximum absolute atomic E-state index is 12.9. The van der Waals surface area contributed by atoms with Crippen molar-refractivity contribution in [3.63, 3.8) is 0 Å². The van der Waals surface area contributed by atoms with Crippen LogP contribution in [-0.2, 0) is 29.1 Å². The van der Waals surface area contributed by atoms with Crippen LogP contribution in [0, 0.1) is 6.92 Å². The van der Waals surface area contributed by atoms with Crippen LogP contribution in [0.4, 0.5) is 13.2 Å². The van der Waals surface area contributed by atoms with Crippen molar-refractivity contribution in [3.05, 3.63) is 58.4 Å². The monoisotopic (exact) mass is 397 g/mol. The zero-order chi connectivity index (χ0) is 19.4. The topological polar surface area (TPSA) is 49.2 Å². The molecule has 5 nitrogen and oxygen atoms in total. The summed E-state index contributed by atoms with van der Waals surface area (Å²) in [5.41, 5.74) is 1.41. The summed E-state index contributed by atoms with van der Waals surface area (Å²) >= 11 is 1.36. The molecule has 1 aromatic carbocycles. The van der Waals surface area contributed by atoms with E-state index in [1.165, 1.54) is 17.4 Å². The van der Waals surface area contributed by atoms with Crippen molar-refractivity contribution < 1.29 is 22.9 Å². The van der Waals surface area contributed by atoms with Gasteiger partial charge in [-0.3, -0.25) is 4.68 Å². The largest absolute Gasteiger partial charge is 0.416 e. The van der Waals surface area contributed by atoms with E-state index >= 15 is 0 Å². The van der Waals surface area contributed by atoms with E-state index in [9.17, 15) is 13.2 Å². The molecule has 3 rings (SSSR count). The van der Waals surface area contributed by atoms with Crippen molar-refractivity contribution in [1.82, 2.24) is 14.8 Å². The summed E-state index contributed by atoms with van der Waals surface area (Å²) < 4.78 is 40.5. The Morgan fingerprint density at radius 1 is 1.22 bits per heavy atom. The van der Waals surface area contributed by atoms with Crippen LogP contribution in [0.25, 0.3) is 10.6 Å². The van der Waals surface area contributed by atoms with Gasteiger partial charge in [-0.25, -0.2) is 14.8 Å². The minimum absolute atomic E-state index is 0.297. The fourth-order valence-electron chi connectivity index (χ4n) is 2.43. The number of thiazole rings is 1. The number of halogens is 3. The molecule has 0 fully saturated rings. The zero-order valence-electron chi connectivity index (χ0n) is 14.8. The van der Waals surface area contributed by atoms with Gasteiger partial charge in [0, 0.05) is 22.2 Å². The Kier molecular flexibility index (Phi) is 5.93. The molecule has 0 spiro atoms. The molecular weight excluding hydrogens is 379 g/mol. The van der Waals surface area contributed by atoms with Crippen molar-refractivity contribution in [2.24, 2.45) is 0 Å². The molecule has 0 saturated carbocycles. The van der Waals surface area contributed by atoms with E-state index in [0.29, 0.717) is 30.3 Å². The van der Waals surface area contributed by atoms with Gasteiger partial charge in [-0.2, -0.15) is 18.3 Å². The van der Waals surface area contributed by atoms with Crippen LogP contribution in [0.2, 0.25) is 0 Å². The lowest BCUT2D eigenvalue weighted by atomic mass is 10.1. The smallest absolute Gasteiger partial charge is 0.267 e. The summed E-state index contributed by atoms with van der Waals surface area (Å²) in [6, 6.07) is 5.21. The van der Waals surface area contributed by atoms with Gasteiger partial charge in [0.15, 0.2) is 0 Å². The lowest BCUT2D eigenvalue weighted by Crippen LogP contribution is -2.04. The van der Waals surface area contributed by atoms with E-state index in [1.807, 2.05) is 20.0 Å². The predicted octanol–water partition coefficient (Wildman–Crippen LogP) is 4.85. The quantitative estimate of drug-likeness (QED) is 0.325. The number of aryl methyl sites for hydroxylation is 1. The molecule has 2 heterocycles. The van der Waals surface area contributed by atoms with Crippen LogP contribution in [0.3, 0.4) is 0 Å². The number of rotatable bonds is 7. The molecule has 27 heavy (non-hydrogen) atoms. The fraction of sp³-hybridized carbons (Fsp3) is 0.333. The van der Waals surface area contributed by atoms with Gasteiger partial charge in [-0.05, 0) is 26.0 Å². The average molecular weight is 397 g/mol. The lowest BCUT2D eigenvalue weighted by Gasteiger charge is -2.07. The lowest BCUT2D eigenvalue weighted by molar-refractivity contribution is -0.300. The Bertz CT molecular complexity index is 905. The molecule has 0 N–H and O–H groups in total. The highest BCUT2D eigenvalue weighted by atomic mass is 32.1. The first kappa shape index (κ1) is 19.5. The Morgan fingerprint density at radius 2 is 2.04 bits per heavy atom. The first-order chi connectivity index (χ1) is 12.9. The number of alkyl halides is 3. The minimum atomic E-state index is -4.37. The summed E-state index contributed by atoms with van der Waals surface area (Å²) in [6.07, 6.45) is -0.856. The number of aromatic nitrogens is 3. The van der Waals surface area contributed by atoms with E-state index in [0.717, 1.165) is 28.3 Å². The van der Waals surface area contributed by atoms with Crippen molar-refractivity contribution in [1.29, 1.82) is 0 Å². The summed E-state index contributed by atoms with van der Waals surface area (Å²) in [7, 11) is 0. The van der Waals surface area contributed by atoms with E-state index in [-0.39, 0.29) is 0 Å². The molecule has 0 unspecified atom stereocenters. The summed E-state index contributed by atoms with van der Waals surface area (Å²) in [4.78, 5) is 15.2. The van der Waals surface area contributed by atoms with E-state index in [4.69, 9.17) is 9.78 Å². The first-order valence-corrected chi connectivity index (χ1v) is 9.08. The molecule has 2 aromatic heterocycles. The van der Waals surface area contributed by atoms with Crippen LogP contribution in [0.1, 0.15) is 28.6 Å². The maximum Gasteiger partial charge on any atom is 0.416 e. The number of hydrogen-bond acceptors (Lipinski definition) is 5. The average Bonchev–Trinajstić information content (AvgIpc) is 3.22. The van der Waals surface area contributed by atoms with Gasteiger partial charge in [0.1, 0.15) is 11.6 Å². The van der Waals surface area contributed by atoms with Gasteiger partial charge in [-0.15, -0.1) is 11.3 Å². The third-order valence-corrected chi connectivity index (χ3v) is 4.94. The van der Waals surface area contributed by atoms with Crippen molar-refractivity contribution in [3.8, 4) is 10.6 Å². The van der Waals surface area contributed by atoms with Gasteiger partial charge in [-0.1, -0.05) is 12.1 Å². The molecule has 0 aliphatic rings.